The van der Waals surface area contributed by atoms with E-state index >= 15 is 0 Å². The number of unbranched alkanes of at least 4 members (excludes halogenated alkanes) is 1. The molecule has 0 spiro atoms. The molecule has 1 aromatic heterocycles. The summed E-state index contributed by atoms with van der Waals surface area (Å²) in [5.74, 6) is 0.518. The highest BCUT2D eigenvalue weighted by Crippen LogP contribution is 2.34. The van der Waals surface area contributed by atoms with Crippen LogP contribution in [0.5, 0.6) is 0 Å². The number of nitrogens with zero attached hydrogens (tertiary/aromatic N) is 1. The normalized spacial score (nSPS) is 15.2. The van der Waals surface area contributed by atoms with Crippen LogP contribution < -0.4 is 5.32 Å². The standard InChI is InChI=1S/C16H30N2S/c1-7-9-10-16(8-2,18-13(5)6)15-17-14(11-19-15)12(3)4/h11-13,18H,7-10H2,1-6H3. The summed E-state index contributed by atoms with van der Waals surface area (Å²) in [4.78, 5) is 4.92. The Morgan fingerprint density at radius 1 is 1.26 bits per heavy atom. The molecule has 19 heavy (non-hydrogen) atoms. The molecule has 1 rings (SSSR count). The molecule has 0 bridgehead atoms. The van der Waals surface area contributed by atoms with Crippen LogP contribution in [0.3, 0.4) is 0 Å². The smallest absolute Gasteiger partial charge is 0.113 e. The lowest BCUT2D eigenvalue weighted by Gasteiger charge is -2.34. The largest absolute Gasteiger partial charge is 0.303 e. The molecule has 0 aliphatic heterocycles. The molecule has 0 aromatic carbocycles. The Morgan fingerprint density at radius 3 is 2.37 bits per heavy atom. The van der Waals surface area contributed by atoms with Gasteiger partial charge in [-0.05, 0) is 32.6 Å². The van der Waals surface area contributed by atoms with Crippen molar-refractivity contribution in [3.05, 3.63) is 16.1 Å². The van der Waals surface area contributed by atoms with Crippen molar-refractivity contribution in [2.45, 2.75) is 84.7 Å². The van der Waals surface area contributed by atoms with Gasteiger partial charge in [-0.3, -0.25) is 0 Å². The average Bonchev–Trinajstić information content (AvgIpc) is 2.84. The molecular weight excluding hydrogens is 252 g/mol. The summed E-state index contributed by atoms with van der Waals surface area (Å²) in [6, 6.07) is 0.489. The van der Waals surface area contributed by atoms with E-state index in [2.05, 4.69) is 52.2 Å². The Labute approximate surface area is 123 Å². The zero-order chi connectivity index (χ0) is 14.5. The molecule has 0 fully saturated rings. The van der Waals surface area contributed by atoms with Crippen LogP contribution in [0.1, 0.15) is 83.8 Å². The SMILES string of the molecule is CCCCC(CC)(NC(C)C)c1nc(C(C)C)cs1. The molecular formula is C16H30N2S. The lowest BCUT2D eigenvalue weighted by atomic mass is 9.89. The van der Waals surface area contributed by atoms with Gasteiger partial charge in [-0.25, -0.2) is 4.98 Å². The van der Waals surface area contributed by atoms with Gasteiger partial charge in [-0.15, -0.1) is 11.3 Å². The summed E-state index contributed by atoms with van der Waals surface area (Å²) >= 11 is 1.83. The Kier molecular flexibility index (Phi) is 6.48. The van der Waals surface area contributed by atoms with E-state index in [1.54, 1.807) is 0 Å². The van der Waals surface area contributed by atoms with Crippen LogP contribution in [-0.4, -0.2) is 11.0 Å². The predicted molar refractivity (Wildman–Crippen MR) is 86.0 cm³/mol. The van der Waals surface area contributed by atoms with E-state index in [9.17, 15) is 0 Å². The summed E-state index contributed by atoms with van der Waals surface area (Å²) in [7, 11) is 0. The molecule has 1 atom stereocenters. The van der Waals surface area contributed by atoms with Gasteiger partial charge in [0.15, 0.2) is 0 Å². The van der Waals surface area contributed by atoms with Crippen molar-refractivity contribution in [2.75, 3.05) is 0 Å². The zero-order valence-corrected chi connectivity index (χ0v) is 14.2. The minimum atomic E-state index is 0.0714. The molecule has 110 valence electrons. The van der Waals surface area contributed by atoms with Gasteiger partial charge < -0.3 is 5.32 Å². The molecule has 1 heterocycles. The number of hydrogen-bond donors (Lipinski definition) is 1. The Bertz CT molecular complexity index is 371. The monoisotopic (exact) mass is 282 g/mol. The molecule has 3 heteroatoms. The van der Waals surface area contributed by atoms with Gasteiger partial charge in [0, 0.05) is 11.4 Å². The first-order chi connectivity index (χ1) is 8.95. The minimum absolute atomic E-state index is 0.0714. The summed E-state index contributed by atoms with van der Waals surface area (Å²) < 4.78 is 0. The molecule has 1 N–H and O–H groups in total. The third-order valence-electron chi connectivity index (χ3n) is 3.65. The summed E-state index contributed by atoms with van der Waals surface area (Å²) in [5, 5.41) is 7.31. The molecule has 0 saturated heterocycles. The second-order valence-electron chi connectivity index (χ2n) is 6.07. The van der Waals surface area contributed by atoms with Crippen molar-refractivity contribution in [3.8, 4) is 0 Å². The molecule has 0 saturated carbocycles. The van der Waals surface area contributed by atoms with E-state index in [-0.39, 0.29) is 5.54 Å². The lowest BCUT2D eigenvalue weighted by molar-refractivity contribution is 0.264. The van der Waals surface area contributed by atoms with Gasteiger partial charge in [-0.2, -0.15) is 0 Å². The Hall–Kier alpha value is -0.410. The average molecular weight is 282 g/mol. The van der Waals surface area contributed by atoms with E-state index in [1.807, 2.05) is 11.3 Å². The topological polar surface area (TPSA) is 24.9 Å². The molecule has 1 aromatic rings. The van der Waals surface area contributed by atoms with Crippen LogP contribution >= 0.6 is 11.3 Å². The maximum Gasteiger partial charge on any atom is 0.113 e. The maximum absolute atomic E-state index is 4.92. The van der Waals surface area contributed by atoms with Crippen LogP contribution in [-0.2, 0) is 5.54 Å². The highest BCUT2D eigenvalue weighted by Gasteiger charge is 2.33. The highest BCUT2D eigenvalue weighted by atomic mass is 32.1. The fourth-order valence-corrected chi connectivity index (χ4v) is 3.72. The number of nitrogens with one attached hydrogen (secondary N) is 1. The third-order valence-corrected chi connectivity index (χ3v) is 4.71. The molecule has 0 amide bonds. The number of thiazole rings is 1. The third kappa shape index (κ3) is 4.28. The molecule has 1 unspecified atom stereocenters. The molecule has 0 aliphatic rings. The minimum Gasteiger partial charge on any atom is -0.303 e. The van der Waals surface area contributed by atoms with Gasteiger partial charge in [-0.1, -0.05) is 40.5 Å². The maximum atomic E-state index is 4.92. The van der Waals surface area contributed by atoms with Gasteiger partial charge in [0.2, 0.25) is 0 Å². The zero-order valence-electron chi connectivity index (χ0n) is 13.4. The first kappa shape index (κ1) is 16.6. The Balaban J connectivity index is 3.04. The van der Waals surface area contributed by atoms with Crippen molar-refractivity contribution < 1.29 is 0 Å². The summed E-state index contributed by atoms with van der Waals surface area (Å²) in [6.07, 6.45) is 4.79. The van der Waals surface area contributed by atoms with Crippen LogP contribution in [0.4, 0.5) is 0 Å². The second kappa shape index (κ2) is 7.39. The fraction of sp³-hybridized carbons (Fsp3) is 0.812. The van der Waals surface area contributed by atoms with Crippen molar-refractivity contribution in [2.24, 2.45) is 0 Å². The van der Waals surface area contributed by atoms with Crippen LogP contribution in [0.2, 0.25) is 0 Å². The fourth-order valence-electron chi connectivity index (χ4n) is 2.47. The first-order valence-electron chi connectivity index (χ1n) is 7.68. The number of hydrogen-bond acceptors (Lipinski definition) is 3. The number of aromatic nitrogens is 1. The first-order valence-corrected chi connectivity index (χ1v) is 8.56. The van der Waals surface area contributed by atoms with Crippen LogP contribution in [0, 0.1) is 0 Å². The van der Waals surface area contributed by atoms with Gasteiger partial charge >= 0.3 is 0 Å². The highest BCUT2D eigenvalue weighted by molar-refractivity contribution is 7.09. The van der Waals surface area contributed by atoms with E-state index in [0.717, 1.165) is 6.42 Å². The molecule has 0 aliphatic carbocycles. The van der Waals surface area contributed by atoms with E-state index < -0.39 is 0 Å². The summed E-state index contributed by atoms with van der Waals surface area (Å²) in [6.45, 7) is 13.4. The van der Waals surface area contributed by atoms with Gasteiger partial charge in [0.25, 0.3) is 0 Å². The van der Waals surface area contributed by atoms with Crippen molar-refractivity contribution in [3.63, 3.8) is 0 Å². The van der Waals surface area contributed by atoms with E-state index in [4.69, 9.17) is 4.98 Å². The summed E-state index contributed by atoms with van der Waals surface area (Å²) in [5.41, 5.74) is 1.31. The van der Waals surface area contributed by atoms with E-state index in [1.165, 1.54) is 30.0 Å². The molecule has 0 radical (unpaired) electrons. The van der Waals surface area contributed by atoms with Crippen molar-refractivity contribution in [1.29, 1.82) is 0 Å². The van der Waals surface area contributed by atoms with E-state index in [0.29, 0.717) is 12.0 Å². The molecule has 2 nitrogen and oxygen atoms in total. The quantitative estimate of drug-likeness (QED) is 0.721. The lowest BCUT2D eigenvalue weighted by Crippen LogP contribution is -2.45. The number of rotatable bonds is 8. The van der Waals surface area contributed by atoms with Crippen LogP contribution in [0.15, 0.2) is 5.38 Å². The van der Waals surface area contributed by atoms with Crippen molar-refractivity contribution in [1.82, 2.24) is 10.3 Å². The second-order valence-corrected chi connectivity index (χ2v) is 6.93. The predicted octanol–water partition coefficient (Wildman–Crippen LogP) is 5.06. The van der Waals surface area contributed by atoms with Crippen LogP contribution in [0.25, 0.3) is 0 Å². The van der Waals surface area contributed by atoms with Gasteiger partial charge in [0.05, 0.1) is 11.2 Å². The van der Waals surface area contributed by atoms with Crippen molar-refractivity contribution >= 4 is 11.3 Å². The van der Waals surface area contributed by atoms with Gasteiger partial charge in [0.1, 0.15) is 5.01 Å². The Morgan fingerprint density at radius 2 is 1.95 bits per heavy atom.